The van der Waals surface area contributed by atoms with Crippen molar-refractivity contribution in [3.05, 3.63) is 47.0 Å². The molecule has 2 N–H and O–H groups in total. The molecule has 0 aromatic heterocycles. The molecule has 152 valence electrons. The molecule has 0 aliphatic heterocycles. The smallest absolute Gasteiger partial charge is 0.203 e. The highest BCUT2D eigenvalue weighted by atomic mass is 16.5. The molecule has 0 unspecified atom stereocenters. The molecule has 0 fully saturated rings. The molecule has 7 heteroatoms. The Morgan fingerprint density at radius 1 is 0.786 bits per heavy atom. The molecule has 0 amide bonds. The van der Waals surface area contributed by atoms with Gasteiger partial charge < -0.3 is 29.6 Å². The minimum atomic E-state index is 0.554. The zero-order chi connectivity index (χ0) is 20.5. The van der Waals surface area contributed by atoms with E-state index in [1.807, 2.05) is 31.2 Å². The third-order valence-corrected chi connectivity index (χ3v) is 4.33. The molecule has 7 nitrogen and oxygen atoms in total. The number of hydrogen-bond acceptors (Lipinski definition) is 5. The van der Waals surface area contributed by atoms with Crippen LogP contribution in [0.5, 0.6) is 23.0 Å². The Kier molecular flexibility index (Phi) is 7.80. The lowest BCUT2D eigenvalue weighted by Crippen LogP contribution is -2.36. The van der Waals surface area contributed by atoms with Crippen molar-refractivity contribution in [2.24, 2.45) is 4.99 Å². The van der Waals surface area contributed by atoms with Gasteiger partial charge in [0.05, 0.1) is 28.4 Å². The summed E-state index contributed by atoms with van der Waals surface area (Å²) in [4.78, 5) is 4.28. The zero-order valence-corrected chi connectivity index (χ0v) is 17.4. The lowest BCUT2D eigenvalue weighted by molar-refractivity contribution is 0.323. The second-order valence-electron chi connectivity index (χ2n) is 6.12. The van der Waals surface area contributed by atoms with Gasteiger partial charge in [0.1, 0.15) is 5.75 Å². The number of hydrogen-bond donors (Lipinski definition) is 2. The number of benzene rings is 2. The van der Waals surface area contributed by atoms with E-state index in [2.05, 4.69) is 21.7 Å². The summed E-state index contributed by atoms with van der Waals surface area (Å²) >= 11 is 0. The fourth-order valence-corrected chi connectivity index (χ4v) is 2.88. The van der Waals surface area contributed by atoms with Gasteiger partial charge in [0.25, 0.3) is 0 Å². The fraction of sp³-hybridized carbons (Fsp3) is 0.381. The van der Waals surface area contributed by atoms with Crippen molar-refractivity contribution in [1.82, 2.24) is 10.6 Å². The molecule has 0 radical (unpaired) electrons. The minimum absolute atomic E-state index is 0.554. The highest BCUT2D eigenvalue weighted by molar-refractivity contribution is 5.79. The number of rotatable bonds is 8. The van der Waals surface area contributed by atoms with E-state index in [-0.39, 0.29) is 0 Å². The van der Waals surface area contributed by atoms with E-state index in [0.29, 0.717) is 36.3 Å². The summed E-state index contributed by atoms with van der Waals surface area (Å²) in [6, 6.07) is 9.92. The summed E-state index contributed by atoms with van der Waals surface area (Å²) in [5.74, 6) is 3.40. The van der Waals surface area contributed by atoms with Gasteiger partial charge >= 0.3 is 0 Å². The highest BCUT2D eigenvalue weighted by Gasteiger charge is 2.13. The Morgan fingerprint density at radius 3 is 1.82 bits per heavy atom. The van der Waals surface area contributed by atoms with Crippen LogP contribution < -0.4 is 29.6 Å². The SMILES string of the molecule is CN=C(NCc1ccc(OC)c(C)c1)NCc1cc(OC)c(OC)c(OC)c1. The Labute approximate surface area is 166 Å². The summed E-state index contributed by atoms with van der Waals surface area (Å²) in [5.41, 5.74) is 3.23. The molecule has 0 aliphatic carbocycles. The first-order valence-corrected chi connectivity index (χ1v) is 8.93. The summed E-state index contributed by atoms with van der Waals surface area (Å²) in [7, 11) is 8.21. The second kappa shape index (κ2) is 10.3. The summed E-state index contributed by atoms with van der Waals surface area (Å²) in [6.45, 7) is 3.23. The molecule has 2 rings (SSSR count). The van der Waals surface area contributed by atoms with Crippen molar-refractivity contribution in [2.75, 3.05) is 35.5 Å². The number of aryl methyl sites for hydroxylation is 1. The van der Waals surface area contributed by atoms with Crippen molar-refractivity contribution in [3.8, 4) is 23.0 Å². The van der Waals surface area contributed by atoms with Gasteiger partial charge in [-0.05, 0) is 41.8 Å². The van der Waals surface area contributed by atoms with Gasteiger partial charge in [-0.15, -0.1) is 0 Å². The third-order valence-electron chi connectivity index (χ3n) is 4.33. The first-order chi connectivity index (χ1) is 13.6. The van der Waals surface area contributed by atoms with E-state index >= 15 is 0 Å². The van der Waals surface area contributed by atoms with Gasteiger partial charge in [0.2, 0.25) is 5.75 Å². The molecule has 0 aliphatic rings. The maximum Gasteiger partial charge on any atom is 0.203 e. The van der Waals surface area contributed by atoms with Crippen LogP contribution in [0.1, 0.15) is 16.7 Å². The molecule has 2 aromatic carbocycles. The van der Waals surface area contributed by atoms with E-state index in [1.165, 1.54) is 0 Å². The number of ether oxygens (including phenoxy) is 4. The monoisotopic (exact) mass is 387 g/mol. The number of nitrogens with one attached hydrogen (secondary N) is 2. The zero-order valence-electron chi connectivity index (χ0n) is 17.4. The summed E-state index contributed by atoms with van der Waals surface area (Å²) in [6.07, 6.45) is 0. The van der Waals surface area contributed by atoms with Crippen molar-refractivity contribution in [3.63, 3.8) is 0 Å². The van der Waals surface area contributed by atoms with Gasteiger partial charge in [0, 0.05) is 20.1 Å². The highest BCUT2D eigenvalue weighted by Crippen LogP contribution is 2.38. The average molecular weight is 387 g/mol. The molecule has 0 saturated carbocycles. The van der Waals surface area contributed by atoms with Crippen LogP contribution in [0.3, 0.4) is 0 Å². The lowest BCUT2D eigenvalue weighted by atomic mass is 10.1. The van der Waals surface area contributed by atoms with Crippen LogP contribution in [-0.2, 0) is 13.1 Å². The van der Waals surface area contributed by atoms with Gasteiger partial charge in [-0.25, -0.2) is 0 Å². The number of nitrogens with zero attached hydrogens (tertiary/aromatic N) is 1. The van der Waals surface area contributed by atoms with Gasteiger partial charge in [-0.1, -0.05) is 12.1 Å². The standard InChI is InChI=1S/C21H29N3O4/c1-14-9-15(7-8-17(14)25-3)12-23-21(22-2)24-13-16-10-18(26-4)20(28-6)19(11-16)27-5/h7-11H,12-13H2,1-6H3,(H2,22,23,24). The molecule has 28 heavy (non-hydrogen) atoms. The van der Waals surface area contributed by atoms with Crippen LogP contribution in [0.25, 0.3) is 0 Å². The molecular weight excluding hydrogens is 358 g/mol. The average Bonchev–Trinajstić information content (AvgIpc) is 2.73. The van der Waals surface area contributed by atoms with E-state index in [1.54, 1.807) is 35.5 Å². The molecule has 0 atom stereocenters. The molecule has 0 saturated heterocycles. The quantitative estimate of drug-likeness (QED) is 0.536. The van der Waals surface area contributed by atoms with Gasteiger partial charge in [0.15, 0.2) is 17.5 Å². The predicted octanol–water partition coefficient (Wildman–Crippen LogP) is 2.89. The Hall–Kier alpha value is -3.09. The Morgan fingerprint density at radius 2 is 1.36 bits per heavy atom. The predicted molar refractivity (Wildman–Crippen MR) is 111 cm³/mol. The van der Waals surface area contributed by atoms with E-state index in [4.69, 9.17) is 18.9 Å². The lowest BCUT2D eigenvalue weighted by Gasteiger charge is -2.16. The largest absolute Gasteiger partial charge is 0.496 e. The van der Waals surface area contributed by atoms with Gasteiger partial charge in [-0.3, -0.25) is 4.99 Å². The van der Waals surface area contributed by atoms with Crippen LogP contribution in [0.2, 0.25) is 0 Å². The van der Waals surface area contributed by atoms with Crippen LogP contribution in [0.4, 0.5) is 0 Å². The minimum Gasteiger partial charge on any atom is -0.496 e. The number of aliphatic imine (C=N–C) groups is 1. The maximum atomic E-state index is 5.40. The van der Waals surface area contributed by atoms with Crippen LogP contribution in [0, 0.1) is 6.92 Å². The molecule has 2 aromatic rings. The van der Waals surface area contributed by atoms with Crippen LogP contribution in [0.15, 0.2) is 35.3 Å². The van der Waals surface area contributed by atoms with Gasteiger partial charge in [-0.2, -0.15) is 0 Å². The Bertz CT molecular complexity index is 796. The molecule has 0 heterocycles. The number of methoxy groups -OCH3 is 4. The van der Waals surface area contributed by atoms with E-state index in [0.717, 1.165) is 22.4 Å². The van der Waals surface area contributed by atoms with Crippen LogP contribution in [-0.4, -0.2) is 41.4 Å². The summed E-state index contributed by atoms with van der Waals surface area (Å²) in [5, 5.41) is 6.61. The first-order valence-electron chi connectivity index (χ1n) is 8.93. The topological polar surface area (TPSA) is 73.3 Å². The normalized spacial score (nSPS) is 11.0. The van der Waals surface area contributed by atoms with Crippen molar-refractivity contribution in [1.29, 1.82) is 0 Å². The third kappa shape index (κ3) is 5.22. The first kappa shape index (κ1) is 21.2. The molecule has 0 bridgehead atoms. The van der Waals surface area contributed by atoms with E-state index < -0.39 is 0 Å². The fourth-order valence-electron chi connectivity index (χ4n) is 2.88. The van der Waals surface area contributed by atoms with E-state index in [9.17, 15) is 0 Å². The molecular formula is C21H29N3O4. The summed E-state index contributed by atoms with van der Waals surface area (Å²) < 4.78 is 21.5. The Balaban J connectivity index is 2.01. The van der Waals surface area contributed by atoms with Crippen molar-refractivity contribution >= 4 is 5.96 Å². The maximum absolute atomic E-state index is 5.40. The van der Waals surface area contributed by atoms with Crippen molar-refractivity contribution < 1.29 is 18.9 Å². The molecule has 0 spiro atoms. The van der Waals surface area contributed by atoms with Crippen molar-refractivity contribution in [2.45, 2.75) is 20.0 Å². The van der Waals surface area contributed by atoms with Crippen LogP contribution >= 0.6 is 0 Å². The number of guanidine groups is 1. The second-order valence-corrected chi connectivity index (χ2v) is 6.12.